The second-order valence-corrected chi connectivity index (χ2v) is 10.2. The summed E-state index contributed by atoms with van der Waals surface area (Å²) in [6.45, 7) is 9.64. The number of aldehydes is 1. The van der Waals surface area contributed by atoms with Crippen LogP contribution in [0, 0.1) is 17.8 Å². The van der Waals surface area contributed by atoms with E-state index in [1.165, 1.54) is 6.07 Å². The molecule has 1 aromatic rings. The predicted octanol–water partition coefficient (Wildman–Crippen LogP) is 2.97. The van der Waals surface area contributed by atoms with E-state index in [1.807, 2.05) is 34.6 Å². The van der Waals surface area contributed by atoms with Gasteiger partial charge in [0, 0.05) is 12.3 Å². The van der Waals surface area contributed by atoms with Crippen molar-refractivity contribution in [3.8, 4) is 11.5 Å². The summed E-state index contributed by atoms with van der Waals surface area (Å²) in [6, 6.07) is 1.43. The van der Waals surface area contributed by atoms with Gasteiger partial charge in [0.05, 0.1) is 29.4 Å². The number of aliphatic hydroxyl groups excluding tert-OH is 2. The fourth-order valence-electron chi connectivity index (χ4n) is 5.05. The molecule has 2 fully saturated rings. The predicted molar refractivity (Wildman–Crippen MR) is 120 cm³/mol. The lowest BCUT2D eigenvalue weighted by molar-refractivity contribution is -0.239. The zero-order valence-electron chi connectivity index (χ0n) is 19.9. The average molecular weight is 465 g/mol. The molecular weight excluding hydrogens is 428 g/mol. The van der Waals surface area contributed by atoms with Crippen LogP contribution in [0.15, 0.2) is 6.07 Å². The van der Waals surface area contributed by atoms with Crippen LogP contribution in [0.5, 0.6) is 11.5 Å². The van der Waals surface area contributed by atoms with Crippen molar-refractivity contribution in [1.29, 1.82) is 0 Å². The number of carbonyl (C=O) groups excluding carboxylic acids is 2. The van der Waals surface area contributed by atoms with Gasteiger partial charge in [-0.25, -0.2) is 0 Å². The molecule has 0 aliphatic carbocycles. The standard InChI is InChI=1S/C25H36O8/c1-6-20-25(33-20)19(27)10-18(32-24(25)31)15(8-13(4)5)22(29)16-9-14(7-12(2)3)21(28)17(11-26)23(16)30/h9,11-13,15,18-20,24,27-28,30-31H,6-8,10H2,1-5H3/t15-,18-,19+,20-,24+,25+/m0/s1. The van der Waals surface area contributed by atoms with Crippen LogP contribution < -0.4 is 0 Å². The van der Waals surface area contributed by atoms with Crippen molar-refractivity contribution >= 4 is 12.1 Å². The van der Waals surface area contributed by atoms with Gasteiger partial charge in [-0.1, -0.05) is 34.6 Å². The minimum Gasteiger partial charge on any atom is -0.507 e. The molecule has 2 aliphatic heterocycles. The molecule has 1 spiro atoms. The van der Waals surface area contributed by atoms with Gasteiger partial charge in [-0.2, -0.15) is 0 Å². The first-order chi connectivity index (χ1) is 15.5. The fourth-order valence-corrected chi connectivity index (χ4v) is 5.05. The Labute approximate surface area is 194 Å². The van der Waals surface area contributed by atoms with Crippen LogP contribution in [0.1, 0.15) is 80.2 Å². The van der Waals surface area contributed by atoms with E-state index < -0.39 is 41.5 Å². The van der Waals surface area contributed by atoms with E-state index in [4.69, 9.17) is 9.47 Å². The van der Waals surface area contributed by atoms with E-state index in [0.717, 1.165) is 0 Å². The maximum atomic E-state index is 13.7. The quantitative estimate of drug-likeness (QED) is 0.249. The largest absolute Gasteiger partial charge is 0.507 e. The van der Waals surface area contributed by atoms with E-state index in [0.29, 0.717) is 31.1 Å². The molecule has 0 radical (unpaired) electrons. The average Bonchev–Trinajstić information content (AvgIpc) is 3.48. The first-order valence-corrected chi connectivity index (χ1v) is 11.7. The Balaban J connectivity index is 1.97. The number of phenolic OH excluding ortho intramolecular Hbond substituents is 2. The third-order valence-electron chi connectivity index (χ3n) is 6.74. The second-order valence-electron chi connectivity index (χ2n) is 10.2. The monoisotopic (exact) mass is 464 g/mol. The lowest BCUT2D eigenvalue weighted by Gasteiger charge is -2.39. The van der Waals surface area contributed by atoms with E-state index >= 15 is 0 Å². The van der Waals surface area contributed by atoms with Crippen LogP contribution in [0.4, 0.5) is 0 Å². The minimum atomic E-state index is -1.38. The molecule has 8 nitrogen and oxygen atoms in total. The molecule has 3 rings (SSSR count). The molecule has 33 heavy (non-hydrogen) atoms. The number of hydrogen-bond donors (Lipinski definition) is 4. The molecule has 6 atom stereocenters. The number of Topliss-reactive ketones (excluding diaryl/α,β-unsaturated/α-hetero) is 1. The van der Waals surface area contributed by atoms with E-state index in [2.05, 4.69) is 0 Å². The first kappa shape index (κ1) is 25.6. The van der Waals surface area contributed by atoms with Crippen LogP contribution in [0.25, 0.3) is 0 Å². The molecule has 2 saturated heterocycles. The molecule has 184 valence electrons. The molecule has 4 N–H and O–H groups in total. The smallest absolute Gasteiger partial charge is 0.189 e. The van der Waals surface area contributed by atoms with E-state index in [9.17, 15) is 30.0 Å². The third-order valence-corrected chi connectivity index (χ3v) is 6.74. The van der Waals surface area contributed by atoms with Crippen LogP contribution in [-0.4, -0.2) is 62.7 Å². The molecule has 0 unspecified atom stereocenters. The lowest BCUT2D eigenvalue weighted by Crippen LogP contribution is -2.55. The van der Waals surface area contributed by atoms with Gasteiger partial charge in [0.1, 0.15) is 11.5 Å². The number of benzene rings is 1. The number of aromatic hydroxyl groups is 2. The SMILES string of the molecule is CC[C@@H]1O[C@]12[C@H](O)C[C@@H]([C@H](CC(C)C)C(=O)c1cc(CC(C)C)c(O)c(C=O)c1O)O[C@H]2O. The Hall–Kier alpha value is -2.00. The summed E-state index contributed by atoms with van der Waals surface area (Å²) in [7, 11) is 0. The number of epoxide rings is 1. The van der Waals surface area contributed by atoms with Crippen molar-refractivity contribution in [2.45, 2.75) is 90.5 Å². The fraction of sp³-hybridized carbons (Fsp3) is 0.680. The summed E-state index contributed by atoms with van der Waals surface area (Å²) < 4.78 is 11.4. The maximum Gasteiger partial charge on any atom is 0.189 e. The molecule has 0 aromatic heterocycles. The molecular formula is C25H36O8. The highest BCUT2D eigenvalue weighted by atomic mass is 16.7. The summed E-state index contributed by atoms with van der Waals surface area (Å²) >= 11 is 0. The van der Waals surface area contributed by atoms with Gasteiger partial charge in [-0.05, 0) is 42.7 Å². The van der Waals surface area contributed by atoms with Crippen molar-refractivity contribution < 1.29 is 39.5 Å². The zero-order chi connectivity index (χ0) is 24.7. The zero-order valence-corrected chi connectivity index (χ0v) is 19.9. The van der Waals surface area contributed by atoms with Crippen LogP contribution >= 0.6 is 0 Å². The van der Waals surface area contributed by atoms with Crippen molar-refractivity contribution in [1.82, 2.24) is 0 Å². The van der Waals surface area contributed by atoms with Crippen molar-refractivity contribution in [3.05, 3.63) is 22.8 Å². The van der Waals surface area contributed by atoms with Gasteiger partial charge in [0.2, 0.25) is 0 Å². The Kier molecular flexibility index (Phi) is 7.53. The van der Waals surface area contributed by atoms with E-state index in [-0.39, 0.29) is 41.2 Å². The summed E-state index contributed by atoms with van der Waals surface area (Å²) in [6.07, 6.45) is -1.66. The number of rotatable bonds is 9. The summed E-state index contributed by atoms with van der Waals surface area (Å²) in [5.41, 5.74) is -1.15. The van der Waals surface area contributed by atoms with Gasteiger partial charge in [-0.3, -0.25) is 9.59 Å². The number of ether oxygens (including phenoxy) is 2. The Morgan fingerprint density at radius 3 is 2.33 bits per heavy atom. The van der Waals surface area contributed by atoms with Gasteiger partial charge < -0.3 is 29.9 Å². The third kappa shape index (κ3) is 4.67. The van der Waals surface area contributed by atoms with Crippen LogP contribution in [0.2, 0.25) is 0 Å². The van der Waals surface area contributed by atoms with E-state index in [1.54, 1.807) is 0 Å². The van der Waals surface area contributed by atoms with Crippen molar-refractivity contribution in [3.63, 3.8) is 0 Å². The number of ketones is 1. The lowest BCUT2D eigenvalue weighted by atomic mass is 9.78. The van der Waals surface area contributed by atoms with Gasteiger partial charge in [-0.15, -0.1) is 0 Å². The summed E-state index contributed by atoms with van der Waals surface area (Å²) in [4.78, 5) is 25.3. The Bertz CT molecular complexity index is 881. The molecule has 0 saturated carbocycles. The molecule has 2 heterocycles. The number of carbonyl (C=O) groups is 2. The number of phenols is 2. The molecule has 0 amide bonds. The normalized spacial score (nSPS) is 30.1. The summed E-state index contributed by atoms with van der Waals surface area (Å²) in [5.74, 6) is -1.92. The first-order valence-electron chi connectivity index (χ1n) is 11.7. The molecule has 0 bridgehead atoms. The van der Waals surface area contributed by atoms with Crippen molar-refractivity contribution in [2.75, 3.05) is 0 Å². The number of hydrogen-bond acceptors (Lipinski definition) is 8. The van der Waals surface area contributed by atoms with Gasteiger partial charge >= 0.3 is 0 Å². The number of aliphatic hydroxyl groups is 2. The Morgan fingerprint density at radius 2 is 1.85 bits per heavy atom. The van der Waals surface area contributed by atoms with Gasteiger partial charge in [0.15, 0.2) is 24.0 Å². The second kappa shape index (κ2) is 9.70. The Morgan fingerprint density at radius 1 is 1.18 bits per heavy atom. The van der Waals surface area contributed by atoms with Crippen LogP contribution in [-0.2, 0) is 15.9 Å². The highest BCUT2D eigenvalue weighted by molar-refractivity contribution is 6.04. The maximum absolute atomic E-state index is 13.7. The van der Waals surface area contributed by atoms with Gasteiger partial charge in [0.25, 0.3) is 0 Å². The molecule has 1 aromatic carbocycles. The minimum absolute atomic E-state index is 0.0711. The van der Waals surface area contributed by atoms with Crippen molar-refractivity contribution in [2.24, 2.45) is 17.8 Å². The topological polar surface area (TPSA) is 137 Å². The highest BCUT2D eigenvalue weighted by Gasteiger charge is 2.68. The summed E-state index contributed by atoms with van der Waals surface area (Å²) in [5, 5.41) is 42.5. The highest BCUT2D eigenvalue weighted by Crippen LogP contribution is 2.50. The molecule has 8 heteroatoms. The van der Waals surface area contributed by atoms with Crippen LogP contribution in [0.3, 0.4) is 0 Å². The molecule has 2 aliphatic rings.